The maximum atomic E-state index is 12.3. The van der Waals surface area contributed by atoms with E-state index in [1.54, 1.807) is 30.4 Å². The Labute approximate surface area is 168 Å². The Bertz CT molecular complexity index is 968. The lowest BCUT2D eigenvalue weighted by Crippen LogP contribution is -2.06. The first-order valence-corrected chi connectivity index (χ1v) is 8.76. The molecule has 0 aromatic heterocycles. The van der Waals surface area contributed by atoms with Crippen molar-refractivity contribution in [1.82, 2.24) is 0 Å². The first-order valence-electron chi connectivity index (χ1n) is 8.76. The predicted molar refractivity (Wildman–Crippen MR) is 109 cm³/mol. The summed E-state index contributed by atoms with van der Waals surface area (Å²) in [6.45, 7) is 4.02. The molecule has 3 rings (SSSR count). The highest BCUT2D eigenvalue weighted by Gasteiger charge is 2.26. The zero-order chi connectivity index (χ0) is 20.8. The molecule has 7 heteroatoms. The van der Waals surface area contributed by atoms with Gasteiger partial charge in [-0.15, -0.1) is 0 Å². The molecule has 0 amide bonds. The van der Waals surface area contributed by atoms with Crippen LogP contribution >= 0.6 is 0 Å². The van der Waals surface area contributed by atoms with Crippen LogP contribution < -0.4 is 18.9 Å². The van der Waals surface area contributed by atoms with Crippen LogP contribution in [-0.2, 0) is 9.53 Å². The van der Waals surface area contributed by atoms with Crippen LogP contribution in [-0.4, -0.2) is 39.8 Å². The van der Waals surface area contributed by atoms with E-state index in [0.29, 0.717) is 35.2 Å². The number of rotatable bonds is 8. The summed E-state index contributed by atoms with van der Waals surface area (Å²) in [5.41, 5.74) is 1.46. The highest BCUT2D eigenvalue weighted by atomic mass is 16.6. The summed E-state index contributed by atoms with van der Waals surface area (Å²) in [7, 11) is 4.54. The summed E-state index contributed by atoms with van der Waals surface area (Å²) >= 11 is 0. The van der Waals surface area contributed by atoms with Gasteiger partial charge < -0.3 is 23.7 Å². The number of ether oxygens (including phenoxy) is 5. The van der Waals surface area contributed by atoms with Crippen LogP contribution in [0.2, 0.25) is 0 Å². The molecule has 0 saturated carbocycles. The molecule has 0 spiro atoms. The van der Waals surface area contributed by atoms with E-state index < -0.39 is 5.97 Å². The van der Waals surface area contributed by atoms with Crippen LogP contribution in [0.15, 0.2) is 59.7 Å². The molecule has 0 bridgehead atoms. The minimum absolute atomic E-state index is 0.152. The lowest BCUT2D eigenvalue weighted by Gasteiger charge is -2.13. The van der Waals surface area contributed by atoms with Crippen LogP contribution in [0.3, 0.4) is 0 Å². The lowest BCUT2D eigenvalue weighted by atomic mass is 10.1. The number of nitrogens with zero attached hydrogens (tertiary/aromatic N) is 1. The van der Waals surface area contributed by atoms with Crippen molar-refractivity contribution in [3.8, 4) is 23.0 Å². The number of hydrogen-bond donors (Lipinski definition) is 0. The molecule has 1 aliphatic heterocycles. The fourth-order valence-corrected chi connectivity index (χ4v) is 2.74. The van der Waals surface area contributed by atoms with Crippen LogP contribution in [0.25, 0.3) is 6.08 Å². The third-order valence-corrected chi connectivity index (χ3v) is 4.06. The summed E-state index contributed by atoms with van der Waals surface area (Å²) in [5.74, 6) is 1.58. The Morgan fingerprint density at radius 1 is 1.07 bits per heavy atom. The number of carbonyl (C=O) groups is 1. The Kier molecular flexibility index (Phi) is 6.19. The molecule has 150 valence electrons. The molecule has 0 unspecified atom stereocenters. The fraction of sp³-hybridized carbons (Fsp3) is 0.182. The Balaban J connectivity index is 1.94. The maximum Gasteiger partial charge on any atom is 0.363 e. The number of carbonyl (C=O) groups excluding carboxylic acids is 1. The Morgan fingerprint density at radius 2 is 1.79 bits per heavy atom. The molecule has 2 aromatic carbocycles. The van der Waals surface area contributed by atoms with Crippen molar-refractivity contribution in [3.05, 3.63) is 65.9 Å². The van der Waals surface area contributed by atoms with Gasteiger partial charge in [-0.05, 0) is 35.9 Å². The van der Waals surface area contributed by atoms with Gasteiger partial charge in [-0.25, -0.2) is 9.79 Å². The molecule has 1 heterocycles. The fourth-order valence-electron chi connectivity index (χ4n) is 2.74. The van der Waals surface area contributed by atoms with Gasteiger partial charge in [-0.2, -0.15) is 0 Å². The molecule has 29 heavy (non-hydrogen) atoms. The summed E-state index contributed by atoms with van der Waals surface area (Å²) in [4.78, 5) is 16.6. The highest BCUT2D eigenvalue weighted by molar-refractivity contribution is 6.13. The smallest absolute Gasteiger partial charge is 0.363 e. The lowest BCUT2D eigenvalue weighted by molar-refractivity contribution is -0.129. The van der Waals surface area contributed by atoms with Gasteiger partial charge in [0.25, 0.3) is 0 Å². The third kappa shape index (κ3) is 4.40. The minimum Gasteiger partial charge on any atom is -0.493 e. The second kappa shape index (κ2) is 8.97. The standard InChI is InChI=1S/C22H21NO6/c1-5-9-28-16-8-6-7-14(10-16)11-17-22(24)29-21(23-17)15-12-18(25-2)20(27-4)19(13-15)26-3/h5-8,10-13H,1,9H2,2-4H3/b17-11+. The molecule has 0 fully saturated rings. The van der Waals surface area contributed by atoms with E-state index in [0.717, 1.165) is 5.56 Å². The van der Waals surface area contributed by atoms with Gasteiger partial charge in [0, 0.05) is 5.56 Å². The van der Waals surface area contributed by atoms with Crippen molar-refractivity contribution in [2.75, 3.05) is 27.9 Å². The molecule has 2 aromatic rings. The molecule has 0 aliphatic carbocycles. The van der Waals surface area contributed by atoms with E-state index in [-0.39, 0.29) is 11.6 Å². The molecule has 0 saturated heterocycles. The second-order valence-electron chi connectivity index (χ2n) is 5.92. The normalized spacial score (nSPS) is 14.2. The molecular formula is C22H21NO6. The van der Waals surface area contributed by atoms with Crippen LogP contribution in [0.4, 0.5) is 0 Å². The van der Waals surface area contributed by atoms with Gasteiger partial charge in [-0.1, -0.05) is 24.8 Å². The van der Waals surface area contributed by atoms with Crippen LogP contribution in [0.5, 0.6) is 23.0 Å². The SMILES string of the molecule is C=CCOc1cccc(/C=C2/N=C(c3cc(OC)c(OC)c(OC)c3)OC2=O)c1. The zero-order valence-corrected chi connectivity index (χ0v) is 16.4. The van der Waals surface area contributed by atoms with E-state index in [1.807, 2.05) is 18.2 Å². The van der Waals surface area contributed by atoms with E-state index in [4.69, 9.17) is 23.7 Å². The van der Waals surface area contributed by atoms with Gasteiger partial charge in [0.05, 0.1) is 21.3 Å². The second-order valence-corrected chi connectivity index (χ2v) is 5.92. The molecule has 7 nitrogen and oxygen atoms in total. The summed E-state index contributed by atoms with van der Waals surface area (Å²) in [5, 5.41) is 0. The molecule has 0 atom stereocenters. The van der Waals surface area contributed by atoms with Gasteiger partial charge in [0.2, 0.25) is 11.6 Å². The quantitative estimate of drug-likeness (QED) is 0.386. The summed E-state index contributed by atoms with van der Waals surface area (Å²) in [6.07, 6.45) is 3.29. The maximum absolute atomic E-state index is 12.3. The van der Waals surface area contributed by atoms with Crippen molar-refractivity contribution >= 4 is 17.9 Å². The van der Waals surface area contributed by atoms with Gasteiger partial charge in [0.1, 0.15) is 12.4 Å². The van der Waals surface area contributed by atoms with Crippen molar-refractivity contribution < 1.29 is 28.5 Å². The van der Waals surface area contributed by atoms with E-state index in [1.165, 1.54) is 21.3 Å². The Hall–Kier alpha value is -3.74. The number of hydrogen-bond acceptors (Lipinski definition) is 7. The monoisotopic (exact) mass is 395 g/mol. The largest absolute Gasteiger partial charge is 0.493 e. The summed E-state index contributed by atoms with van der Waals surface area (Å²) < 4.78 is 26.8. The first kappa shape index (κ1) is 20.0. The first-order chi connectivity index (χ1) is 14.1. The Morgan fingerprint density at radius 3 is 2.41 bits per heavy atom. The van der Waals surface area contributed by atoms with E-state index >= 15 is 0 Å². The average Bonchev–Trinajstić information content (AvgIpc) is 3.11. The summed E-state index contributed by atoms with van der Waals surface area (Å²) in [6, 6.07) is 10.6. The van der Waals surface area contributed by atoms with Gasteiger partial charge in [-0.3, -0.25) is 0 Å². The molecule has 0 radical (unpaired) electrons. The van der Waals surface area contributed by atoms with Gasteiger partial charge in [0.15, 0.2) is 17.2 Å². The van der Waals surface area contributed by atoms with Gasteiger partial charge >= 0.3 is 5.97 Å². The predicted octanol–water partition coefficient (Wildman–Crippen LogP) is 3.62. The minimum atomic E-state index is -0.550. The van der Waals surface area contributed by atoms with E-state index in [9.17, 15) is 4.79 Å². The van der Waals surface area contributed by atoms with Crippen molar-refractivity contribution in [3.63, 3.8) is 0 Å². The zero-order valence-electron chi connectivity index (χ0n) is 16.4. The molecule has 0 N–H and O–H groups in total. The van der Waals surface area contributed by atoms with Crippen molar-refractivity contribution in [1.29, 1.82) is 0 Å². The van der Waals surface area contributed by atoms with Crippen LogP contribution in [0, 0.1) is 0 Å². The number of methoxy groups -OCH3 is 3. The third-order valence-electron chi connectivity index (χ3n) is 4.06. The van der Waals surface area contributed by atoms with Crippen molar-refractivity contribution in [2.45, 2.75) is 0 Å². The highest BCUT2D eigenvalue weighted by Crippen LogP contribution is 2.39. The number of cyclic esters (lactones) is 1. The van der Waals surface area contributed by atoms with Crippen molar-refractivity contribution in [2.24, 2.45) is 4.99 Å². The average molecular weight is 395 g/mol. The van der Waals surface area contributed by atoms with Crippen LogP contribution in [0.1, 0.15) is 11.1 Å². The van der Waals surface area contributed by atoms with E-state index in [2.05, 4.69) is 11.6 Å². The molecular weight excluding hydrogens is 374 g/mol. The number of benzene rings is 2. The number of aliphatic imine (C=N–C) groups is 1. The topological polar surface area (TPSA) is 75.6 Å². The molecule has 1 aliphatic rings. The number of esters is 1.